The maximum atomic E-state index is 9.29. The summed E-state index contributed by atoms with van der Waals surface area (Å²) in [6.07, 6.45) is 7.24. The third kappa shape index (κ3) is 3.23. The summed E-state index contributed by atoms with van der Waals surface area (Å²) in [6.45, 7) is 0. The molecule has 0 radical (unpaired) electrons. The Labute approximate surface area is 74.2 Å². The smallest absolute Gasteiger partial charge is 0.0670 e. The van der Waals surface area contributed by atoms with Crippen LogP contribution in [-0.2, 0) is 0 Å². The van der Waals surface area contributed by atoms with E-state index in [2.05, 4.69) is 0 Å². The van der Waals surface area contributed by atoms with Crippen LogP contribution < -0.4 is 0 Å². The number of aliphatic hydroxyl groups excluding tert-OH is 1. The highest BCUT2D eigenvalue weighted by molar-refractivity contribution is 4.76. The summed E-state index contributed by atoms with van der Waals surface area (Å²) in [7, 11) is 0. The lowest BCUT2D eigenvalue weighted by atomic mass is 9.99. The second-order valence-corrected chi connectivity index (χ2v) is 3.74. The topological polar surface area (TPSA) is 44.0 Å². The van der Waals surface area contributed by atoms with Crippen molar-refractivity contribution in [1.29, 1.82) is 5.26 Å². The molecule has 1 saturated carbocycles. The predicted octanol–water partition coefficient (Wildman–Crippen LogP) is 2.23. The van der Waals surface area contributed by atoms with E-state index in [-0.39, 0.29) is 6.10 Å². The highest BCUT2D eigenvalue weighted by atomic mass is 16.3. The first-order valence-electron chi connectivity index (χ1n) is 4.88. The number of hydrogen-bond acceptors (Lipinski definition) is 2. The molecule has 12 heavy (non-hydrogen) atoms. The first kappa shape index (κ1) is 9.54. The second-order valence-electron chi connectivity index (χ2n) is 3.74. The maximum absolute atomic E-state index is 9.29. The molecule has 0 aromatic heterocycles. The molecule has 1 rings (SSSR count). The van der Waals surface area contributed by atoms with Crippen LogP contribution in [-0.4, -0.2) is 11.2 Å². The van der Waals surface area contributed by atoms with Crippen LogP contribution in [0.5, 0.6) is 0 Å². The lowest BCUT2D eigenvalue weighted by Gasteiger charge is -2.10. The van der Waals surface area contributed by atoms with Gasteiger partial charge in [-0.2, -0.15) is 5.26 Å². The molecule has 0 aliphatic heterocycles. The summed E-state index contributed by atoms with van der Waals surface area (Å²) in [6, 6.07) is 1.99. The Morgan fingerprint density at radius 1 is 1.42 bits per heavy atom. The Morgan fingerprint density at radius 2 is 2.08 bits per heavy atom. The molecule has 1 fully saturated rings. The summed E-state index contributed by atoms with van der Waals surface area (Å²) in [4.78, 5) is 0. The molecule has 0 heterocycles. The first-order chi connectivity index (χ1) is 5.83. The molecule has 0 aromatic rings. The molecule has 1 N–H and O–H groups in total. The van der Waals surface area contributed by atoms with Crippen LogP contribution in [0.1, 0.15) is 44.9 Å². The quantitative estimate of drug-likeness (QED) is 0.697. The molecule has 2 heteroatoms. The Bertz CT molecular complexity index is 156. The number of rotatable bonds is 4. The molecular formula is C10H17NO. The SMILES string of the molecule is N#CCC(O)CCC1CCCC1. The van der Waals surface area contributed by atoms with Crippen LogP contribution in [0.3, 0.4) is 0 Å². The van der Waals surface area contributed by atoms with Gasteiger partial charge < -0.3 is 5.11 Å². The summed E-state index contributed by atoms with van der Waals surface area (Å²) >= 11 is 0. The fraction of sp³-hybridized carbons (Fsp3) is 0.900. The van der Waals surface area contributed by atoms with E-state index in [1.54, 1.807) is 0 Å². The number of hydrogen-bond donors (Lipinski definition) is 1. The summed E-state index contributed by atoms with van der Waals surface area (Å²) < 4.78 is 0. The molecule has 68 valence electrons. The third-order valence-electron chi connectivity index (χ3n) is 2.71. The highest BCUT2D eigenvalue weighted by Crippen LogP contribution is 2.29. The van der Waals surface area contributed by atoms with Crippen LogP contribution in [0.4, 0.5) is 0 Å². The van der Waals surface area contributed by atoms with Crippen LogP contribution in [0.2, 0.25) is 0 Å². The molecular weight excluding hydrogens is 150 g/mol. The number of nitrogens with zero attached hydrogens (tertiary/aromatic N) is 1. The number of nitriles is 1. The Kier molecular flexibility index (Phi) is 4.10. The molecule has 0 saturated heterocycles. The van der Waals surface area contributed by atoms with Crippen molar-refractivity contribution in [1.82, 2.24) is 0 Å². The predicted molar refractivity (Wildman–Crippen MR) is 47.4 cm³/mol. The maximum Gasteiger partial charge on any atom is 0.0670 e. The van der Waals surface area contributed by atoms with E-state index in [4.69, 9.17) is 5.26 Å². The van der Waals surface area contributed by atoms with Gasteiger partial charge in [-0.1, -0.05) is 25.7 Å². The van der Waals surface area contributed by atoms with Crippen molar-refractivity contribution in [2.24, 2.45) is 5.92 Å². The minimum absolute atomic E-state index is 0.298. The van der Waals surface area contributed by atoms with Gasteiger partial charge in [-0.05, 0) is 18.8 Å². The van der Waals surface area contributed by atoms with Crippen molar-refractivity contribution in [3.8, 4) is 6.07 Å². The lowest BCUT2D eigenvalue weighted by molar-refractivity contribution is 0.159. The van der Waals surface area contributed by atoms with E-state index < -0.39 is 0 Å². The first-order valence-corrected chi connectivity index (χ1v) is 4.88. The average molecular weight is 167 g/mol. The summed E-state index contributed by atoms with van der Waals surface area (Å²) in [5.41, 5.74) is 0. The van der Waals surface area contributed by atoms with E-state index in [0.717, 1.165) is 18.8 Å². The standard InChI is InChI=1S/C10H17NO/c11-8-7-10(12)6-5-9-3-1-2-4-9/h9-10,12H,1-7H2. The van der Waals surface area contributed by atoms with Crippen LogP contribution in [0, 0.1) is 17.2 Å². The Hall–Kier alpha value is -0.550. The molecule has 0 spiro atoms. The zero-order valence-electron chi connectivity index (χ0n) is 7.50. The van der Waals surface area contributed by atoms with Gasteiger partial charge in [0.05, 0.1) is 18.6 Å². The van der Waals surface area contributed by atoms with E-state index >= 15 is 0 Å². The minimum atomic E-state index is -0.379. The van der Waals surface area contributed by atoms with Crippen molar-refractivity contribution in [3.63, 3.8) is 0 Å². The van der Waals surface area contributed by atoms with Gasteiger partial charge in [-0.15, -0.1) is 0 Å². The van der Waals surface area contributed by atoms with Gasteiger partial charge in [-0.3, -0.25) is 0 Å². The summed E-state index contributed by atoms with van der Waals surface area (Å²) in [5, 5.41) is 17.6. The average Bonchev–Trinajstić information content (AvgIpc) is 2.53. The van der Waals surface area contributed by atoms with Crippen LogP contribution in [0.25, 0.3) is 0 Å². The fourth-order valence-electron chi connectivity index (χ4n) is 1.93. The van der Waals surface area contributed by atoms with Crippen molar-refractivity contribution in [3.05, 3.63) is 0 Å². The van der Waals surface area contributed by atoms with Gasteiger partial charge in [0.2, 0.25) is 0 Å². The third-order valence-corrected chi connectivity index (χ3v) is 2.71. The van der Waals surface area contributed by atoms with Crippen molar-refractivity contribution in [2.75, 3.05) is 0 Å². The van der Waals surface area contributed by atoms with Gasteiger partial charge in [0.1, 0.15) is 0 Å². The minimum Gasteiger partial charge on any atom is -0.392 e. The molecule has 1 unspecified atom stereocenters. The van der Waals surface area contributed by atoms with Gasteiger partial charge in [0.15, 0.2) is 0 Å². The Morgan fingerprint density at radius 3 is 2.67 bits per heavy atom. The van der Waals surface area contributed by atoms with E-state index in [1.807, 2.05) is 6.07 Å². The molecule has 1 atom stereocenters. The second kappa shape index (κ2) is 5.16. The zero-order chi connectivity index (χ0) is 8.81. The van der Waals surface area contributed by atoms with E-state index in [9.17, 15) is 5.11 Å². The normalized spacial score (nSPS) is 20.7. The fourth-order valence-corrected chi connectivity index (χ4v) is 1.93. The molecule has 1 aliphatic carbocycles. The van der Waals surface area contributed by atoms with Gasteiger partial charge in [-0.25, -0.2) is 0 Å². The van der Waals surface area contributed by atoms with E-state index in [1.165, 1.54) is 25.7 Å². The van der Waals surface area contributed by atoms with Crippen molar-refractivity contribution >= 4 is 0 Å². The zero-order valence-corrected chi connectivity index (χ0v) is 7.50. The van der Waals surface area contributed by atoms with Gasteiger partial charge >= 0.3 is 0 Å². The number of aliphatic hydroxyl groups is 1. The van der Waals surface area contributed by atoms with Crippen LogP contribution >= 0.6 is 0 Å². The molecule has 0 amide bonds. The van der Waals surface area contributed by atoms with Gasteiger partial charge in [0.25, 0.3) is 0 Å². The lowest BCUT2D eigenvalue weighted by Crippen LogP contribution is -2.07. The molecule has 0 aromatic carbocycles. The van der Waals surface area contributed by atoms with Crippen LogP contribution in [0.15, 0.2) is 0 Å². The van der Waals surface area contributed by atoms with Crippen molar-refractivity contribution in [2.45, 2.75) is 51.0 Å². The van der Waals surface area contributed by atoms with E-state index in [0.29, 0.717) is 6.42 Å². The molecule has 2 nitrogen and oxygen atoms in total. The van der Waals surface area contributed by atoms with Gasteiger partial charge in [0, 0.05) is 0 Å². The Balaban J connectivity index is 2.04. The largest absolute Gasteiger partial charge is 0.392 e. The molecule has 0 bridgehead atoms. The van der Waals surface area contributed by atoms with Crippen molar-refractivity contribution < 1.29 is 5.11 Å². The highest BCUT2D eigenvalue weighted by Gasteiger charge is 2.15. The summed E-state index contributed by atoms with van der Waals surface area (Å²) in [5.74, 6) is 0.832. The monoisotopic (exact) mass is 167 g/mol. The molecule has 1 aliphatic rings.